The van der Waals surface area contributed by atoms with Crippen LogP contribution in [0.15, 0.2) is 42.6 Å². The SMILES string of the molecule is NC(=O)Cn1ccc(-c2ccccc2)n1. The van der Waals surface area contributed by atoms with E-state index in [1.54, 1.807) is 6.20 Å². The molecule has 4 heteroatoms. The van der Waals surface area contributed by atoms with E-state index in [1.165, 1.54) is 4.68 Å². The van der Waals surface area contributed by atoms with Crippen LogP contribution in [0.3, 0.4) is 0 Å². The first kappa shape index (κ1) is 9.45. The molecule has 0 bridgehead atoms. The van der Waals surface area contributed by atoms with Crippen LogP contribution >= 0.6 is 0 Å². The van der Waals surface area contributed by atoms with Gasteiger partial charge in [-0.1, -0.05) is 30.3 Å². The first-order valence-corrected chi connectivity index (χ1v) is 4.63. The van der Waals surface area contributed by atoms with Gasteiger partial charge in [-0.05, 0) is 6.07 Å². The third-order valence-corrected chi connectivity index (χ3v) is 2.03. The van der Waals surface area contributed by atoms with Crippen molar-refractivity contribution in [1.82, 2.24) is 9.78 Å². The molecule has 0 fully saturated rings. The van der Waals surface area contributed by atoms with Crippen LogP contribution in [-0.2, 0) is 11.3 Å². The average molecular weight is 201 g/mol. The summed E-state index contributed by atoms with van der Waals surface area (Å²) in [7, 11) is 0. The third-order valence-electron chi connectivity index (χ3n) is 2.03. The van der Waals surface area contributed by atoms with Crippen molar-refractivity contribution in [2.75, 3.05) is 0 Å². The van der Waals surface area contributed by atoms with E-state index in [9.17, 15) is 4.79 Å². The van der Waals surface area contributed by atoms with Gasteiger partial charge in [0, 0.05) is 11.8 Å². The summed E-state index contributed by atoms with van der Waals surface area (Å²) in [4.78, 5) is 10.7. The molecule has 76 valence electrons. The smallest absolute Gasteiger partial charge is 0.239 e. The molecule has 0 radical (unpaired) electrons. The molecule has 1 aromatic carbocycles. The highest BCUT2D eigenvalue weighted by molar-refractivity contribution is 5.73. The van der Waals surface area contributed by atoms with Crippen LogP contribution in [0.4, 0.5) is 0 Å². The number of rotatable bonds is 3. The Morgan fingerprint density at radius 2 is 2.00 bits per heavy atom. The maximum atomic E-state index is 10.7. The number of hydrogen-bond donors (Lipinski definition) is 1. The number of hydrogen-bond acceptors (Lipinski definition) is 2. The highest BCUT2D eigenvalue weighted by atomic mass is 16.1. The molecule has 0 aliphatic carbocycles. The van der Waals surface area contributed by atoms with Gasteiger partial charge in [-0.3, -0.25) is 9.48 Å². The summed E-state index contributed by atoms with van der Waals surface area (Å²) in [5.74, 6) is -0.391. The molecule has 15 heavy (non-hydrogen) atoms. The maximum absolute atomic E-state index is 10.7. The Labute approximate surface area is 87.3 Å². The lowest BCUT2D eigenvalue weighted by Gasteiger charge is -1.96. The fourth-order valence-electron chi connectivity index (χ4n) is 1.37. The number of carbonyl (C=O) groups excluding carboxylic acids is 1. The lowest BCUT2D eigenvalue weighted by Crippen LogP contribution is -2.18. The third kappa shape index (κ3) is 2.22. The second kappa shape index (κ2) is 3.96. The lowest BCUT2D eigenvalue weighted by molar-refractivity contribution is -0.118. The van der Waals surface area contributed by atoms with E-state index in [2.05, 4.69) is 5.10 Å². The first-order valence-electron chi connectivity index (χ1n) is 4.63. The number of nitrogens with zero attached hydrogens (tertiary/aromatic N) is 2. The van der Waals surface area contributed by atoms with Gasteiger partial charge in [-0.15, -0.1) is 0 Å². The van der Waals surface area contributed by atoms with Crippen LogP contribution in [-0.4, -0.2) is 15.7 Å². The Balaban J connectivity index is 2.24. The van der Waals surface area contributed by atoms with Crippen LogP contribution in [0.5, 0.6) is 0 Å². The molecule has 0 aliphatic rings. The summed E-state index contributed by atoms with van der Waals surface area (Å²) in [6.07, 6.45) is 1.74. The topological polar surface area (TPSA) is 60.9 Å². The fraction of sp³-hybridized carbons (Fsp3) is 0.0909. The second-order valence-corrected chi connectivity index (χ2v) is 3.23. The van der Waals surface area contributed by atoms with Crippen molar-refractivity contribution in [3.8, 4) is 11.3 Å². The minimum atomic E-state index is -0.391. The summed E-state index contributed by atoms with van der Waals surface area (Å²) >= 11 is 0. The number of aromatic nitrogens is 2. The molecule has 4 nitrogen and oxygen atoms in total. The van der Waals surface area contributed by atoms with Gasteiger partial charge >= 0.3 is 0 Å². The Kier molecular flexibility index (Phi) is 2.49. The average Bonchev–Trinajstić information content (AvgIpc) is 2.67. The van der Waals surface area contributed by atoms with Gasteiger partial charge in [-0.25, -0.2) is 0 Å². The number of amides is 1. The van der Waals surface area contributed by atoms with E-state index < -0.39 is 5.91 Å². The lowest BCUT2D eigenvalue weighted by atomic mass is 10.2. The molecular formula is C11H11N3O. The molecular weight excluding hydrogens is 190 g/mol. The van der Waals surface area contributed by atoms with Crippen molar-refractivity contribution in [1.29, 1.82) is 0 Å². The monoisotopic (exact) mass is 201 g/mol. The van der Waals surface area contributed by atoms with Gasteiger partial charge in [0.15, 0.2) is 0 Å². The van der Waals surface area contributed by atoms with Crippen molar-refractivity contribution in [2.45, 2.75) is 6.54 Å². The molecule has 0 saturated heterocycles. The standard InChI is InChI=1S/C11H11N3O/c12-11(15)8-14-7-6-10(13-14)9-4-2-1-3-5-9/h1-7H,8H2,(H2,12,15). The number of nitrogens with two attached hydrogens (primary N) is 1. The summed E-state index contributed by atoms with van der Waals surface area (Å²) in [5.41, 5.74) is 6.95. The molecule has 2 rings (SSSR count). The molecule has 2 N–H and O–H groups in total. The Morgan fingerprint density at radius 3 is 2.67 bits per heavy atom. The zero-order chi connectivity index (χ0) is 10.7. The van der Waals surface area contributed by atoms with Crippen molar-refractivity contribution in [2.24, 2.45) is 5.73 Å². The highest BCUT2D eigenvalue weighted by Crippen LogP contribution is 2.15. The summed E-state index contributed by atoms with van der Waals surface area (Å²) < 4.78 is 1.53. The van der Waals surface area contributed by atoms with Gasteiger partial charge < -0.3 is 5.73 Å². The van der Waals surface area contributed by atoms with Crippen LogP contribution in [0.2, 0.25) is 0 Å². The maximum Gasteiger partial charge on any atom is 0.239 e. The zero-order valence-electron chi connectivity index (χ0n) is 8.13. The zero-order valence-corrected chi connectivity index (χ0v) is 8.13. The fourth-order valence-corrected chi connectivity index (χ4v) is 1.37. The molecule has 1 aromatic heterocycles. The summed E-state index contributed by atoms with van der Waals surface area (Å²) in [6, 6.07) is 11.6. The van der Waals surface area contributed by atoms with E-state index in [-0.39, 0.29) is 6.54 Å². The molecule has 1 heterocycles. The molecule has 0 atom stereocenters. The predicted molar refractivity (Wildman–Crippen MR) is 56.9 cm³/mol. The van der Waals surface area contributed by atoms with Gasteiger partial charge in [0.2, 0.25) is 5.91 Å². The van der Waals surface area contributed by atoms with Crippen LogP contribution < -0.4 is 5.73 Å². The van der Waals surface area contributed by atoms with E-state index in [0.717, 1.165) is 11.3 Å². The molecule has 0 unspecified atom stereocenters. The van der Waals surface area contributed by atoms with Crippen LogP contribution in [0.25, 0.3) is 11.3 Å². The minimum absolute atomic E-state index is 0.118. The number of benzene rings is 1. The van der Waals surface area contributed by atoms with Crippen molar-refractivity contribution in [3.05, 3.63) is 42.6 Å². The number of carbonyl (C=O) groups is 1. The largest absolute Gasteiger partial charge is 0.368 e. The second-order valence-electron chi connectivity index (χ2n) is 3.23. The van der Waals surface area contributed by atoms with Crippen LogP contribution in [0.1, 0.15) is 0 Å². The Morgan fingerprint density at radius 1 is 1.27 bits per heavy atom. The molecule has 1 amide bonds. The van der Waals surface area contributed by atoms with Gasteiger partial charge in [-0.2, -0.15) is 5.10 Å². The first-order chi connectivity index (χ1) is 7.25. The predicted octanol–water partition coefficient (Wildman–Crippen LogP) is 1.04. The van der Waals surface area contributed by atoms with E-state index >= 15 is 0 Å². The minimum Gasteiger partial charge on any atom is -0.368 e. The van der Waals surface area contributed by atoms with E-state index in [0.29, 0.717) is 0 Å². The van der Waals surface area contributed by atoms with Crippen molar-refractivity contribution >= 4 is 5.91 Å². The van der Waals surface area contributed by atoms with Gasteiger partial charge in [0.05, 0.1) is 5.69 Å². The van der Waals surface area contributed by atoms with Crippen molar-refractivity contribution < 1.29 is 4.79 Å². The van der Waals surface area contributed by atoms with Gasteiger partial charge in [0.25, 0.3) is 0 Å². The number of primary amides is 1. The molecule has 0 saturated carbocycles. The summed E-state index contributed by atoms with van der Waals surface area (Å²) in [5, 5.41) is 4.24. The normalized spacial score (nSPS) is 10.1. The highest BCUT2D eigenvalue weighted by Gasteiger charge is 2.02. The van der Waals surface area contributed by atoms with Crippen molar-refractivity contribution in [3.63, 3.8) is 0 Å². The molecule has 0 spiro atoms. The Bertz CT molecular complexity index is 462. The Hall–Kier alpha value is -2.10. The van der Waals surface area contributed by atoms with E-state index in [1.807, 2.05) is 36.4 Å². The molecule has 2 aromatic rings. The van der Waals surface area contributed by atoms with Gasteiger partial charge in [0.1, 0.15) is 6.54 Å². The molecule has 0 aliphatic heterocycles. The summed E-state index contributed by atoms with van der Waals surface area (Å²) in [6.45, 7) is 0.118. The van der Waals surface area contributed by atoms with Crippen LogP contribution in [0, 0.1) is 0 Å². The quantitative estimate of drug-likeness (QED) is 0.806. The van der Waals surface area contributed by atoms with E-state index in [4.69, 9.17) is 5.73 Å².